The summed E-state index contributed by atoms with van der Waals surface area (Å²) >= 11 is 0. The summed E-state index contributed by atoms with van der Waals surface area (Å²) in [7, 11) is 0. The Labute approximate surface area is 131 Å². The Morgan fingerprint density at radius 1 is 1.36 bits per heavy atom. The second-order valence-electron chi connectivity index (χ2n) is 6.29. The molecule has 0 spiro atoms. The molecule has 1 aromatic carbocycles. The standard InChI is InChI=1S/C17H25N3O2/c21-15-10-16(19-11-15)17(22)18-7-3-8-20-9-6-13-4-1-2-5-14(13)12-20/h1-2,4-5,15-16,19,21H,3,6-12H2,(H,18,22). The quantitative estimate of drug-likeness (QED) is 0.684. The van der Waals surface area contributed by atoms with Gasteiger partial charge in [0, 0.05) is 32.7 Å². The van der Waals surface area contributed by atoms with E-state index in [1.807, 2.05) is 0 Å². The first kappa shape index (κ1) is 15.5. The lowest BCUT2D eigenvalue weighted by molar-refractivity contribution is -0.122. The second kappa shape index (κ2) is 7.22. The maximum absolute atomic E-state index is 11.9. The number of nitrogens with one attached hydrogen (secondary N) is 2. The first-order chi connectivity index (χ1) is 10.7. The van der Waals surface area contributed by atoms with Crippen LogP contribution < -0.4 is 10.6 Å². The molecule has 2 heterocycles. The molecule has 2 aliphatic heterocycles. The topological polar surface area (TPSA) is 64.6 Å². The summed E-state index contributed by atoms with van der Waals surface area (Å²) in [5, 5.41) is 15.4. The van der Waals surface area contributed by atoms with E-state index in [1.165, 1.54) is 11.1 Å². The number of carbonyl (C=O) groups is 1. The molecule has 3 rings (SSSR count). The van der Waals surface area contributed by atoms with Crippen LogP contribution in [0.3, 0.4) is 0 Å². The average molecular weight is 303 g/mol. The fraction of sp³-hybridized carbons (Fsp3) is 0.588. The van der Waals surface area contributed by atoms with Crippen LogP contribution >= 0.6 is 0 Å². The monoisotopic (exact) mass is 303 g/mol. The highest BCUT2D eigenvalue weighted by molar-refractivity contribution is 5.82. The van der Waals surface area contributed by atoms with E-state index in [1.54, 1.807) is 0 Å². The molecule has 1 fully saturated rings. The van der Waals surface area contributed by atoms with Crippen molar-refractivity contribution in [1.82, 2.24) is 15.5 Å². The molecule has 5 nitrogen and oxygen atoms in total. The Balaban J connectivity index is 1.35. The first-order valence-electron chi connectivity index (χ1n) is 8.20. The number of hydrogen-bond donors (Lipinski definition) is 3. The molecular weight excluding hydrogens is 278 g/mol. The molecule has 1 saturated heterocycles. The van der Waals surface area contributed by atoms with Crippen molar-refractivity contribution in [3.63, 3.8) is 0 Å². The van der Waals surface area contributed by atoms with Gasteiger partial charge in [0.15, 0.2) is 0 Å². The number of aliphatic hydroxyl groups excluding tert-OH is 1. The SMILES string of the molecule is O=C(NCCCN1CCc2ccccc2C1)C1CC(O)CN1. The number of rotatable bonds is 5. The summed E-state index contributed by atoms with van der Waals surface area (Å²) in [6.45, 7) is 4.34. The van der Waals surface area contributed by atoms with Gasteiger partial charge in [0.05, 0.1) is 12.1 Å². The highest BCUT2D eigenvalue weighted by Gasteiger charge is 2.27. The zero-order valence-corrected chi connectivity index (χ0v) is 12.9. The fourth-order valence-corrected chi connectivity index (χ4v) is 3.30. The summed E-state index contributed by atoms with van der Waals surface area (Å²) in [5.41, 5.74) is 2.90. The van der Waals surface area contributed by atoms with Crippen LogP contribution in [0.25, 0.3) is 0 Å². The molecule has 2 aliphatic rings. The van der Waals surface area contributed by atoms with Crippen molar-refractivity contribution in [2.75, 3.05) is 26.2 Å². The molecule has 120 valence electrons. The maximum Gasteiger partial charge on any atom is 0.237 e. The molecule has 0 aromatic heterocycles. The van der Waals surface area contributed by atoms with Crippen LogP contribution in [0.1, 0.15) is 24.0 Å². The zero-order valence-electron chi connectivity index (χ0n) is 12.9. The van der Waals surface area contributed by atoms with Gasteiger partial charge in [-0.15, -0.1) is 0 Å². The van der Waals surface area contributed by atoms with Gasteiger partial charge in [-0.1, -0.05) is 24.3 Å². The molecule has 2 atom stereocenters. The number of carbonyl (C=O) groups excluding carboxylic acids is 1. The summed E-state index contributed by atoms with van der Waals surface area (Å²) in [4.78, 5) is 14.4. The Hall–Kier alpha value is -1.43. The highest BCUT2D eigenvalue weighted by atomic mass is 16.3. The van der Waals surface area contributed by atoms with Crippen molar-refractivity contribution >= 4 is 5.91 Å². The van der Waals surface area contributed by atoms with Crippen molar-refractivity contribution in [2.45, 2.75) is 38.0 Å². The van der Waals surface area contributed by atoms with Crippen molar-refractivity contribution in [2.24, 2.45) is 0 Å². The molecule has 5 heteroatoms. The first-order valence-corrected chi connectivity index (χ1v) is 8.20. The van der Waals surface area contributed by atoms with Crippen LogP contribution in [0.4, 0.5) is 0 Å². The normalized spacial score (nSPS) is 25.0. The molecule has 3 N–H and O–H groups in total. The molecule has 2 unspecified atom stereocenters. The number of hydrogen-bond acceptors (Lipinski definition) is 4. The van der Waals surface area contributed by atoms with E-state index in [-0.39, 0.29) is 18.1 Å². The van der Waals surface area contributed by atoms with Crippen molar-refractivity contribution < 1.29 is 9.90 Å². The smallest absolute Gasteiger partial charge is 0.237 e. The van der Waals surface area contributed by atoms with E-state index >= 15 is 0 Å². The fourth-order valence-electron chi connectivity index (χ4n) is 3.30. The predicted octanol–water partition coefficient (Wildman–Crippen LogP) is 0.274. The minimum absolute atomic E-state index is 0.0144. The van der Waals surface area contributed by atoms with Gasteiger partial charge in [0.25, 0.3) is 0 Å². The number of benzene rings is 1. The van der Waals surface area contributed by atoms with Gasteiger partial charge in [-0.25, -0.2) is 0 Å². The van der Waals surface area contributed by atoms with Gasteiger partial charge in [-0.2, -0.15) is 0 Å². The summed E-state index contributed by atoms with van der Waals surface area (Å²) in [6.07, 6.45) is 2.22. The van der Waals surface area contributed by atoms with Crippen LogP contribution in [0.2, 0.25) is 0 Å². The van der Waals surface area contributed by atoms with Crippen molar-refractivity contribution in [3.05, 3.63) is 35.4 Å². The van der Waals surface area contributed by atoms with Gasteiger partial charge in [-0.05, 0) is 30.4 Å². The van der Waals surface area contributed by atoms with Crippen molar-refractivity contribution in [3.8, 4) is 0 Å². The van der Waals surface area contributed by atoms with Crippen LogP contribution in [-0.2, 0) is 17.8 Å². The van der Waals surface area contributed by atoms with E-state index in [2.05, 4.69) is 39.8 Å². The maximum atomic E-state index is 11.9. The number of β-amino-alcohol motifs (C(OH)–C–C–N with tert-alkyl or cyclic N) is 1. The molecular formula is C17H25N3O2. The number of amides is 1. The molecule has 0 aliphatic carbocycles. The Kier molecular flexibility index (Phi) is 5.08. The van der Waals surface area contributed by atoms with Crippen LogP contribution in [-0.4, -0.2) is 54.2 Å². The molecule has 0 radical (unpaired) electrons. The van der Waals surface area contributed by atoms with Crippen LogP contribution in [0.5, 0.6) is 0 Å². The minimum atomic E-state index is -0.385. The van der Waals surface area contributed by atoms with E-state index in [9.17, 15) is 9.90 Å². The summed E-state index contributed by atoms with van der Waals surface area (Å²) < 4.78 is 0. The molecule has 1 amide bonds. The van der Waals surface area contributed by atoms with Crippen LogP contribution in [0, 0.1) is 0 Å². The number of nitrogens with zero attached hydrogens (tertiary/aromatic N) is 1. The predicted molar refractivity (Wildman–Crippen MR) is 85.5 cm³/mol. The minimum Gasteiger partial charge on any atom is -0.392 e. The third-order valence-electron chi connectivity index (χ3n) is 4.58. The van der Waals surface area contributed by atoms with Gasteiger partial charge in [-0.3, -0.25) is 9.69 Å². The van der Waals surface area contributed by atoms with Crippen LogP contribution in [0.15, 0.2) is 24.3 Å². The van der Waals surface area contributed by atoms with E-state index in [0.29, 0.717) is 19.5 Å². The molecule has 22 heavy (non-hydrogen) atoms. The average Bonchev–Trinajstić information content (AvgIpc) is 2.98. The lowest BCUT2D eigenvalue weighted by atomic mass is 10.00. The molecule has 1 aromatic rings. The second-order valence-corrected chi connectivity index (χ2v) is 6.29. The van der Waals surface area contributed by atoms with Gasteiger partial charge in [0.1, 0.15) is 0 Å². The molecule has 0 saturated carbocycles. The Morgan fingerprint density at radius 2 is 2.18 bits per heavy atom. The van der Waals surface area contributed by atoms with E-state index in [4.69, 9.17) is 0 Å². The third-order valence-corrected chi connectivity index (χ3v) is 4.58. The third kappa shape index (κ3) is 3.85. The Morgan fingerprint density at radius 3 is 2.95 bits per heavy atom. The largest absolute Gasteiger partial charge is 0.392 e. The van der Waals surface area contributed by atoms with Gasteiger partial charge >= 0.3 is 0 Å². The Bertz CT molecular complexity index is 520. The summed E-state index contributed by atoms with van der Waals surface area (Å²) in [5.74, 6) is 0.0144. The highest BCUT2D eigenvalue weighted by Crippen LogP contribution is 2.18. The lowest BCUT2D eigenvalue weighted by Crippen LogP contribution is -2.41. The zero-order chi connectivity index (χ0) is 15.4. The lowest BCUT2D eigenvalue weighted by Gasteiger charge is -2.28. The summed E-state index contributed by atoms with van der Waals surface area (Å²) in [6, 6.07) is 8.41. The van der Waals surface area contributed by atoms with Gasteiger partial charge < -0.3 is 15.7 Å². The van der Waals surface area contributed by atoms with Gasteiger partial charge in [0.2, 0.25) is 5.91 Å². The van der Waals surface area contributed by atoms with E-state index < -0.39 is 0 Å². The van der Waals surface area contributed by atoms with E-state index in [0.717, 1.165) is 32.5 Å². The number of fused-ring (bicyclic) bond motifs is 1. The van der Waals surface area contributed by atoms with Crippen molar-refractivity contribution in [1.29, 1.82) is 0 Å². The number of aliphatic hydroxyl groups is 1. The molecule has 0 bridgehead atoms.